The van der Waals surface area contributed by atoms with Crippen molar-refractivity contribution >= 4 is 5.97 Å². The largest absolute Gasteiger partial charge is 0.492 e. The van der Waals surface area contributed by atoms with Gasteiger partial charge in [-0.15, -0.1) is 0 Å². The van der Waals surface area contributed by atoms with E-state index in [2.05, 4.69) is 0 Å². The summed E-state index contributed by atoms with van der Waals surface area (Å²) in [5, 5.41) is 9.05. The average Bonchev–Trinajstić information content (AvgIpc) is 2.48. The summed E-state index contributed by atoms with van der Waals surface area (Å²) in [6.45, 7) is 1.72. The minimum absolute atomic E-state index is 0.0798. The lowest BCUT2D eigenvalue weighted by Crippen LogP contribution is -2.07. The Morgan fingerprint density at radius 3 is 2.48 bits per heavy atom. The van der Waals surface area contributed by atoms with Crippen LogP contribution in [0.4, 0.5) is 4.39 Å². The number of carbonyl (C=O) groups is 1. The molecule has 4 nitrogen and oxygen atoms in total. The third-order valence-corrected chi connectivity index (χ3v) is 3.10. The normalized spacial score (nSPS) is 10.2. The molecule has 0 aliphatic carbocycles. The molecule has 5 heteroatoms. The molecule has 1 N–H and O–H groups in total. The smallest absolute Gasteiger partial charge is 0.336 e. The maximum atomic E-state index is 14.1. The number of halogens is 1. The molecule has 0 aliphatic heterocycles. The van der Waals surface area contributed by atoms with Gasteiger partial charge in [-0.1, -0.05) is 30.3 Å². The molecule has 0 atom stereocenters. The first-order chi connectivity index (χ1) is 10.0. The second-order valence-corrected chi connectivity index (χ2v) is 4.47. The molecule has 0 heterocycles. The van der Waals surface area contributed by atoms with Crippen molar-refractivity contribution in [3.8, 4) is 11.5 Å². The van der Waals surface area contributed by atoms with Crippen LogP contribution in [0, 0.1) is 12.7 Å². The summed E-state index contributed by atoms with van der Waals surface area (Å²) in [6, 6.07) is 10.2. The zero-order valence-corrected chi connectivity index (χ0v) is 11.7. The topological polar surface area (TPSA) is 55.8 Å². The van der Waals surface area contributed by atoms with E-state index in [4.69, 9.17) is 14.6 Å². The first-order valence-corrected chi connectivity index (χ1v) is 6.31. The SMILES string of the molecule is COc1c(C)c(C(=O)O)cc(F)c1OCc1ccccc1. The van der Waals surface area contributed by atoms with Crippen LogP contribution in [-0.4, -0.2) is 18.2 Å². The van der Waals surface area contributed by atoms with Crippen LogP contribution >= 0.6 is 0 Å². The summed E-state index contributed by atoms with van der Waals surface area (Å²) in [5.41, 5.74) is 1.06. The molecule has 0 unspecified atom stereocenters. The van der Waals surface area contributed by atoms with Crippen LogP contribution in [-0.2, 0) is 6.61 Å². The number of hydrogen-bond acceptors (Lipinski definition) is 3. The van der Waals surface area contributed by atoms with Gasteiger partial charge in [0.25, 0.3) is 0 Å². The maximum absolute atomic E-state index is 14.1. The molecule has 0 radical (unpaired) electrons. The summed E-state index contributed by atoms with van der Waals surface area (Å²) in [5.74, 6) is -1.95. The molecule has 2 aromatic rings. The Balaban J connectivity index is 2.35. The second kappa shape index (κ2) is 6.26. The molecule has 2 aromatic carbocycles. The van der Waals surface area contributed by atoms with Crippen molar-refractivity contribution in [2.24, 2.45) is 0 Å². The van der Waals surface area contributed by atoms with Gasteiger partial charge in [0.2, 0.25) is 0 Å². The van der Waals surface area contributed by atoms with Crippen molar-refractivity contribution < 1.29 is 23.8 Å². The van der Waals surface area contributed by atoms with Crippen molar-refractivity contribution in [2.75, 3.05) is 7.11 Å². The molecule has 0 fully saturated rings. The highest BCUT2D eigenvalue weighted by Gasteiger charge is 2.21. The van der Waals surface area contributed by atoms with E-state index >= 15 is 0 Å². The molecule has 0 saturated heterocycles. The van der Waals surface area contributed by atoms with Gasteiger partial charge in [-0.25, -0.2) is 9.18 Å². The van der Waals surface area contributed by atoms with Gasteiger partial charge in [0.1, 0.15) is 6.61 Å². The van der Waals surface area contributed by atoms with E-state index in [9.17, 15) is 9.18 Å². The zero-order chi connectivity index (χ0) is 15.4. The van der Waals surface area contributed by atoms with E-state index in [1.807, 2.05) is 30.3 Å². The zero-order valence-electron chi connectivity index (χ0n) is 11.7. The van der Waals surface area contributed by atoms with Gasteiger partial charge in [-0.2, -0.15) is 0 Å². The lowest BCUT2D eigenvalue weighted by molar-refractivity contribution is 0.0695. The summed E-state index contributed by atoms with van der Waals surface area (Å²) in [4.78, 5) is 11.1. The third-order valence-electron chi connectivity index (χ3n) is 3.10. The number of rotatable bonds is 5. The highest BCUT2D eigenvalue weighted by atomic mass is 19.1. The van der Waals surface area contributed by atoms with Gasteiger partial charge >= 0.3 is 5.97 Å². The van der Waals surface area contributed by atoms with E-state index in [0.717, 1.165) is 11.6 Å². The number of hydrogen-bond donors (Lipinski definition) is 1. The Morgan fingerprint density at radius 1 is 1.24 bits per heavy atom. The van der Waals surface area contributed by atoms with Crippen molar-refractivity contribution in [3.63, 3.8) is 0 Å². The number of ether oxygens (including phenoxy) is 2. The Labute approximate surface area is 121 Å². The van der Waals surface area contributed by atoms with Crippen LogP contribution in [0.1, 0.15) is 21.5 Å². The standard InChI is InChI=1S/C16H15FO4/c1-10-12(16(18)19)8-13(17)15(14(10)20-2)21-9-11-6-4-3-5-7-11/h3-8H,9H2,1-2H3,(H,18,19). The van der Waals surface area contributed by atoms with Gasteiger partial charge in [0, 0.05) is 5.56 Å². The molecule has 0 saturated carbocycles. The first kappa shape index (κ1) is 14.8. The fourth-order valence-corrected chi connectivity index (χ4v) is 2.03. The predicted octanol–water partition coefficient (Wildman–Crippen LogP) is 3.42. The van der Waals surface area contributed by atoms with Gasteiger partial charge in [0.05, 0.1) is 12.7 Å². The number of methoxy groups -OCH3 is 1. The van der Waals surface area contributed by atoms with Gasteiger partial charge < -0.3 is 14.6 Å². The molecular weight excluding hydrogens is 275 g/mol. The van der Waals surface area contributed by atoms with E-state index in [0.29, 0.717) is 5.56 Å². The van der Waals surface area contributed by atoms with Crippen LogP contribution in [0.5, 0.6) is 11.5 Å². The van der Waals surface area contributed by atoms with E-state index < -0.39 is 11.8 Å². The third kappa shape index (κ3) is 3.13. The van der Waals surface area contributed by atoms with Crippen molar-refractivity contribution in [3.05, 3.63) is 58.9 Å². The summed E-state index contributed by atoms with van der Waals surface area (Å²) >= 11 is 0. The van der Waals surface area contributed by atoms with Crippen LogP contribution in [0.25, 0.3) is 0 Å². The molecule has 21 heavy (non-hydrogen) atoms. The second-order valence-electron chi connectivity index (χ2n) is 4.47. The molecule has 0 spiro atoms. The minimum atomic E-state index is -1.21. The van der Waals surface area contributed by atoms with Crippen molar-refractivity contribution in [1.29, 1.82) is 0 Å². The fraction of sp³-hybridized carbons (Fsp3) is 0.188. The molecule has 0 amide bonds. The van der Waals surface area contributed by atoms with E-state index in [1.54, 1.807) is 6.92 Å². The Bertz CT molecular complexity index is 653. The highest BCUT2D eigenvalue weighted by molar-refractivity contribution is 5.90. The summed E-state index contributed by atoms with van der Waals surface area (Å²) in [6.07, 6.45) is 0. The number of carboxylic acid groups (broad SMARTS) is 1. The predicted molar refractivity (Wildman–Crippen MR) is 75.4 cm³/mol. The highest BCUT2D eigenvalue weighted by Crippen LogP contribution is 2.36. The molecule has 0 bridgehead atoms. The lowest BCUT2D eigenvalue weighted by atomic mass is 10.1. The van der Waals surface area contributed by atoms with Crippen molar-refractivity contribution in [2.45, 2.75) is 13.5 Å². The lowest BCUT2D eigenvalue weighted by Gasteiger charge is -2.15. The van der Waals surface area contributed by atoms with Gasteiger partial charge in [0.15, 0.2) is 17.3 Å². The maximum Gasteiger partial charge on any atom is 0.336 e. The molecular formula is C16H15FO4. The van der Waals surface area contributed by atoms with E-state index in [-0.39, 0.29) is 23.7 Å². The minimum Gasteiger partial charge on any atom is -0.492 e. The quantitative estimate of drug-likeness (QED) is 0.916. The van der Waals surface area contributed by atoms with Crippen LogP contribution < -0.4 is 9.47 Å². The molecule has 2 rings (SSSR count). The van der Waals surface area contributed by atoms with Crippen LogP contribution in [0.15, 0.2) is 36.4 Å². The molecule has 0 aromatic heterocycles. The first-order valence-electron chi connectivity index (χ1n) is 6.31. The molecule has 110 valence electrons. The Hall–Kier alpha value is -2.56. The Morgan fingerprint density at radius 2 is 1.90 bits per heavy atom. The Kier molecular flexibility index (Phi) is 4.42. The number of carboxylic acids is 1. The van der Waals surface area contributed by atoms with Crippen LogP contribution in [0.3, 0.4) is 0 Å². The average molecular weight is 290 g/mol. The molecule has 0 aliphatic rings. The summed E-state index contributed by atoms with van der Waals surface area (Å²) < 4.78 is 24.6. The fourth-order valence-electron chi connectivity index (χ4n) is 2.03. The monoisotopic (exact) mass is 290 g/mol. The van der Waals surface area contributed by atoms with Gasteiger partial charge in [-0.05, 0) is 18.6 Å². The number of aromatic carboxylic acids is 1. The van der Waals surface area contributed by atoms with Gasteiger partial charge in [-0.3, -0.25) is 0 Å². The van der Waals surface area contributed by atoms with E-state index in [1.165, 1.54) is 7.11 Å². The summed E-state index contributed by atoms with van der Waals surface area (Å²) in [7, 11) is 1.35. The van der Waals surface area contributed by atoms with Crippen LogP contribution in [0.2, 0.25) is 0 Å². The number of benzene rings is 2. The van der Waals surface area contributed by atoms with Crippen molar-refractivity contribution in [1.82, 2.24) is 0 Å².